The summed E-state index contributed by atoms with van der Waals surface area (Å²) >= 11 is 0. The first kappa shape index (κ1) is 14.8. The Morgan fingerprint density at radius 2 is 1.95 bits per heavy atom. The number of likely N-dealkylation sites (N-methyl/N-ethyl adjacent to an activating group) is 1. The van der Waals surface area contributed by atoms with Crippen molar-refractivity contribution in [1.29, 1.82) is 0 Å². The predicted molar refractivity (Wildman–Crippen MR) is 83.1 cm³/mol. The second kappa shape index (κ2) is 6.76. The summed E-state index contributed by atoms with van der Waals surface area (Å²) in [5.74, 6) is 0. The summed E-state index contributed by atoms with van der Waals surface area (Å²) < 4.78 is 6.55. The molecule has 0 radical (unpaired) electrons. The van der Waals surface area contributed by atoms with E-state index in [1.807, 2.05) is 0 Å². The molecule has 3 heteroatoms. The highest BCUT2D eigenvalue weighted by atomic mass is 16.5. The van der Waals surface area contributed by atoms with Crippen LogP contribution in [0.2, 0.25) is 0 Å². The Hall–Kier alpha value is -0.120. The first-order valence-corrected chi connectivity index (χ1v) is 8.94. The molecule has 3 nitrogen and oxygen atoms in total. The molecule has 20 heavy (non-hydrogen) atoms. The number of ether oxygens (including phenoxy) is 1. The van der Waals surface area contributed by atoms with Crippen molar-refractivity contribution in [2.75, 3.05) is 26.2 Å². The topological polar surface area (TPSA) is 24.5 Å². The number of piperidine rings is 1. The zero-order chi connectivity index (χ0) is 13.8. The van der Waals surface area contributed by atoms with E-state index >= 15 is 0 Å². The maximum atomic E-state index is 6.55. The van der Waals surface area contributed by atoms with Crippen molar-refractivity contribution in [3.63, 3.8) is 0 Å². The van der Waals surface area contributed by atoms with Crippen LogP contribution in [0.4, 0.5) is 0 Å². The molecule has 2 saturated heterocycles. The van der Waals surface area contributed by atoms with Crippen LogP contribution in [-0.2, 0) is 4.74 Å². The van der Waals surface area contributed by atoms with E-state index in [-0.39, 0.29) is 5.60 Å². The molecule has 3 rings (SSSR count). The Bertz CT molecular complexity index is 295. The zero-order valence-corrected chi connectivity index (χ0v) is 13.2. The number of nitrogens with one attached hydrogen (secondary N) is 1. The summed E-state index contributed by atoms with van der Waals surface area (Å²) in [5.41, 5.74) is 0.285. The van der Waals surface area contributed by atoms with E-state index in [1.54, 1.807) is 0 Å². The minimum atomic E-state index is 0.285. The summed E-state index contributed by atoms with van der Waals surface area (Å²) in [5, 5.41) is 3.55. The van der Waals surface area contributed by atoms with Crippen molar-refractivity contribution in [3.05, 3.63) is 0 Å². The molecule has 0 aromatic carbocycles. The molecule has 3 aliphatic rings. The normalized spacial score (nSPS) is 33.9. The quantitative estimate of drug-likeness (QED) is 0.857. The third-order valence-electron chi connectivity index (χ3n) is 5.73. The van der Waals surface area contributed by atoms with Crippen LogP contribution >= 0.6 is 0 Å². The number of hydrogen-bond donors (Lipinski definition) is 1. The van der Waals surface area contributed by atoms with Gasteiger partial charge in [0.1, 0.15) is 0 Å². The van der Waals surface area contributed by atoms with Gasteiger partial charge in [-0.25, -0.2) is 0 Å². The summed E-state index contributed by atoms with van der Waals surface area (Å²) in [6, 6.07) is 0.736. The monoisotopic (exact) mass is 280 g/mol. The lowest BCUT2D eigenvalue weighted by molar-refractivity contribution is -0.0749. The first-order valence-electron chi connectivity index (χ1n) is 8.94. The van der Waals surface area contributed by atoms with Crippen molar-refractivity contribution in [2.24, 2.45) is 0 Å². The second-order valence-electron chi connectivity index (χ2n) is 7.11. The summed E-state index contributed by atoms with van der Waals surface area (Å²) in [6.07, 6.45) is 12.6. The SMILES string of the molecule is CCN(CC1CCC2(CCCCC2)O1)C1CCCNC1. The minimum Gasteiger partial charge on any atom is -0.370 e. The molecular weight excluding hydrogens is 248 g/mol. The van der Waals surface area contributed by atoms with Crippen LogP contribution in [0.25, 0.3) is 0 Å². The van der Waals surface area contributed by atoms with Gasteiger partial charge in [-0.15, -0.1) is 0 Å². The smallest absolute Gasteiger partial charge is 0.0710 e. The maximum absolute atomic E-state index is 6.55. The van der Waals surface area contributed by atoms with Gasteiger partial charge in [-0.2, -0.15) is 0 Å². The minimum absolute atomic E-state index is 0.285. The summed E-state index contributed by atoms with van der Waals surface area (Å²) in [4.78, 5) is 2.67. The van der Waals surface area contributed by atoms with Crippen LogP contribution in [0.15, 0.2) is 0 Å². The molecule has 1 saturated carbocycles. The Labute approximate surface area is 124 Å². The lowest BCUT2D eigenvalue weighted by Crippen LogP contribution is -2.48. The fourth-order valence-electron chi connectivity index (χ4n) is 4.53. The molecule has 1 aliphatic carbocycles. The predicted octanol–water partition coefficient (Wildman–Crippen LogP) is 2.94. The van der Waals surface area contributed by atoms with Gasteiger partial charge < -0.3 is 10.1 Å². The van der Waals surface area contributed by atoms with Crippen LogP contribution in [0.5, 0.6) is 0 Å². The van der Waals surface area contributed by atoms with E-state index in [1.165, 1.54) is 77.4 Å². The highest BCUT2D eigenvalue weighted by Gasteiger charge is 2.41. The lowest BCUT2D eigenvalue weighted by atomic mass is 9.83. The molecule has 2 aliphatic heterocycles. The molecule has 1 N–H and O–H groups in total. The number of rotatable bonds is 4. The third-order valence-corrected chi connectivity index (χ3v) is 5.73. The van der Waals surface area contributed by atoms with E-state index in [0.29, 0.717) is 6.10 Å². The van der Waals surface area contributed by atoms with Crippen LogP contribution in [0.3, 0.4) is 0 Å². The molecule has 2 atom stereocenters. The van der Waals surface area contributed by atoms with Crippen molar-refractivity contribution in [2.45, 2.75) is 82.5 Å². The van der Waals surface area contributed by atoms with Gasteiger partial charge in [0.2, 0.25) is 0 Å². The van der Waals surface area contributed by atoms with Gasteiger partial charge in [0, 0.05) is 19.1 Å². The van der Waals surface area contributed by atoms with Crippen LogP contribution in [-0.4, -0.2) is 48.8 Å². The van der Waals surface area contributed by atoms with Gasteiger partial charge in [0.15, 0.2) is 0 Å². The summed E-state index contributed by atoms with van der Waals surface area (Å²) in [7, 11) is 0. The van der Waals surface area contributed by atoms with E-state index in [9.17, 15) is 0 Å². The lowest BCUT2D eigenvalue weighted by Gasteiger charge is -2.37. The van der Waals surface area contributed by atoms with E-state index in [0.717, 1.165) is 12.6 Å². The van der Waals surface area contributed by atoms with Crippen molar-refractivity contribution >= 4 is 0 Å². The van der Waals surface area contributed by atoms with Crippen LogP contribution in [0.1, 0.15) is 64.7 Å². The molecule has 0 bridgehead atoms. The van der Waals surface area contributed by atoms with E-state index in [4.69, 9.17) is 4.74 Å². The molecule has 1 spiro atoms. The third kappa shape index (κ3) is 3.37. The highest BCUT2D eigenvalue weighted by Crippen LogP contribution is 2.42. The average Bonchev–Trinajstić information content (AvgIpc) is 2.89. The molecule has 0 aromatic heterocycles. The molecule has 0 amide bonds. The highest BCUT2D eigenvalue weighted by molar-refractivity contribution is 4.92. The Balaban J connectivity index is 1.51. The molecule has 3 fully saturated rings. The van der Waals surface area contributed by atoms with E-state index in [2.05, 4.69) is 17.1 Å². The summed E-state index contributed by atoms with van der Waals surface area (Å²) in [6.45, 7) is 7.01. The van der Waals surface area contributed by atoms with Gasteiger partial charge in [-0.1, -0.05) is 26.2 Å². The molecule has 0 aromatic rings. The van der Waals surface area contributed by atoms with Gasteiger partial charge in [0.05, 0.1) is 11.7 Å². The van der Waals surface area contributed by atoms with Gasteiger partial charge in [-0.3, -0.25) is 4.90 Å². The fourth-order valence-corrected chi connectivity index (χ4v) is 4.53. The Kier molecular flexibility index (Phi) is 5.00. The van der Waals surface area contributed by atoms with Gasteiger partial charge >= 0.3 is 0 Å². The van der Waals surface area contributed by atoms with Crippen LogP contribution < -0.4 is 5.32 Å². The van der Waals surface area contributed by atoms with Crippen molar-refractivity contribution < 1.29 is 4.74 Å². The molecule has 116 valence electrons. The van der Waals surface area contributed by atoms with E-state index < -0.39 is 0 Å². The maximum Gasteiger partial charge on any atom is 0.0710 e. The zero-order valence-electron chi connectivity index (χ0n) is 13.2. The Morgan fingerprint density at radius 3 is 2.65 bits per heavy atom. The van der Waals surface area contributed by atoms with Crippen LogP contribution in [0, 0.1) is 0 Å². The largest absolute Gasteiger partial charge is 0.370 e. The molecule has 2 unspecified atom stereocenters. The second-order valence-corrected chi connectivity index (χ2v) is 7.11. The van der Waals surface area contributed by atoms with Gasteiger partial charge in [0.25, 0.3) is 0 Å². The number of hydrogen-bond acceptors (Lipinski definition) is 3. The number of nitrogens with zero attached hydrogens (tertiary/aromatic N) is 1. The van der Waals surface area contributed by atoms with Crippen molar-refractivity contribution in [1.82, 2.24) is 10.2 Å². The van der Waals surface area contributed by atoms with Crippen molar-refractivity contribution in [3.8, 4) is 0 Å². The molecular formula is C17H32N2O. The van der Waals surface area contributed by atoms with Gasteiger partial charge in [-0.05, 0) is 51.6 Å². The molecule has 2 heterocycles. The first-order chi connectivity index (χ1) is 9.81. The fraction of sp³-hybridized carbons (Fsp3) is 1.00. The average molecular weight is 280 g/mol. The standard InChI is InChI=1S/C17H32N2O/c1-2-19(15-7-6-12-18-13-15)14-16-8-11-17(20-16)9-4-3-5-10-17/h15-16,18H,2-14H2,1H3. The Morgan fingerprint density at radius 1 is 1.10 bits per heavy atom.